The number of carbonyl (C=O) groups excluding carboxylic acids is 1. The predicted octanol–water partition coefficient (Wildman–Crippen LogP) is 1.40. The fraction of sp³-hybridized carbons (Fsp3) is 0.923. The second-order valence-corrected chi connectivity index (χ2v) is 5.58. The van der Waals surface area contributed by atoms with Crippen LogP contribution >= 0.6 is 0 Å². The molecule has 0 atom stereocenters. The molecule has 4 nitrogen and oxygen atoms in total. The number of piperidine rings is 1. The van der Waals surface area contributed by atoms with E-state index in [4.69, 9.17) is 4.74 Å². The summed E-state index contributed by atoms with van der Waals surface area (Å²) in [6, 6.07) is 0. The number of hydrogen-bond donors (Lipinski definition) is 1. The number of likely N-dealkylation sites (tertiary alicyclic amines) is 1. The number of nitrogens with one attached hydrogen (secondary N) is 1. The molecule has 0 bridgehead atoms. The Morgan fingerprint density at radius 3 is 2.47 bits per heavy atom. The van der Waals surface area contributed by atoms with E-state index in [0.29, 0.717) is 13.2 Å². The molecule has 1 aliphatic rings. The standard InChI is InChI=1S/C13H26N2O2/c1-13(2,3)17-10-7-14-11-12(16)15-8-5-4-6-9-15/h14H,4-11H2,1-3H3. The zero-order valence-electron chi connectivity index (χ0n) is 11.4. The van der Waals surface area contributed by atoms with Crippen molar-refractivity contribution < 1.29 is 9.53 Å². The van der Waals surface area contributed by atoms with Crippen LogP contribution in [0.2, 0.25) is 0 Å². The molecule has 1 amide bonds. The maximum atomic E-state index is 11.8. The summed E-state index contributed by atoms with van der Waals surface area (Å²) < 4.78 is 5.57. The molecule has 0 saturated carbocycles. The first-order chi connectivity index (χ1) is 7.99. The molecule has 0 aliphatic carbocycles. The molecule has 0 radical (unpaired) electrons. The van der Waals surface area contributed by atoms with Crippen LogP contribution in [-0.2, 0) is 9.53 Å². The average molecular weight is 242 g/mol. The number of nitrogens with zero attached hydrogens (tertiary/aromatic N) is 1. The van der Waals surface area contributed by atoms with Gasteiger partial charge in [0.25, 0.3) is 0 Å². The lowest BCUT2D eigenvalue weighted by molar-refractivity contribution is -0.131. The van der Waals surface area contributed by atoms with E-state index in [1.807, 2.05) is 25.7 Å². The summed E-state index contributed by atoms with van der Waals surface area (Å²) in [4.78, 5) is 13.7. The summed E-state index contributed by atoms with van der Waals surface area (Å²) in [6.07, 6.45) is 3.56. The van der Waals surface area contributed by atoms with Gasteiger partial charge in [0.2, 0.25) is 5.91 Å². The topological polar surface area (TPSA) is 41.6 Å². The fourth-order valence-electron chi connectivity index (χ4n) is 1.88. The van der Waals surface area contributed by atoms with Crippen molar-refractivity contribution in [1.82, 2.24) is 10.2 Å². The summed E-state index contributed by atoms with van der Waals surface area (Å²) in [6.45, 7) is 9.78. The molecule has 100 valence electrons. The van der Waals surface area contributed by atoms with Gasteiger partial charge in [0.05, 0.1) is 18.8 Å². The summed E-state index contributed by atoms with van der Waals surface area (Å²) in [5, 5.41) is 3.14. The average Bonchev–Trinajstić information content (AvgIpc) is 2.28. The van der Waals surface area contributed by atoms with Gasteiger partial charge in [-0.1, -0.05) is 0 Å². The monoisotopic (exact) mass is 242 g/mol. The van der Waals surface area contributed by atoms with E-state index in [9.17, 15) is 4.79 Å². The first kappa shape index (κ1) is 14.5. The molecule has 1 saturated heterocycles. The van der Waals surface area contributed by atoms with Crippen molar-refractivity contribution >= 4 is 5.91 Å². The largest absolute Gasteiger partial charge is 0.375 e. The normalized spacial score (nSPS) is 17.2. The first-order valence-corrected chi connectivity index (χ1v) is 6.61. The zero-order chi connectivity index (χ0) is 12.7. The Kier molecular flexibility index (Phi) is 5.92. The molecule has 1 rings (SSSR count). The molecule has 17 heavy (non-hydrogen) atoms. The first-order valence-electron chi connectivity index (χ1n) is 6.61. The minimum atomic E-state index is -0.0987. The van der Waals surface area contributed by atoms with Gasteiger partial charge in [0, 0.05) is 19.6 Å². The fourth-order valence-corrected chi connectivity index (χ4v) is 1.88. The molecular weight excluding hydrogens is 216 g/mol. The third-order valence-corrected chi connectivity index (χ3v) is 2.80. The number of rotatable bonds is 5. The molecule has 1 aliphatic heterocycles. The maximum absolute atomic E-state index is 11.8. The lowest BCUT2D eigenvalue weighted by Gasteiger charge is -2.27. The summed E-state index contributed by atoms with van der Waals surface area (Å²) in [7, 11) is 0. The Hall–Kier alpha value is -0.610. The van der Waals surface area contributed by atoms with Crippen LogP contribution in [0, 0.1) is 0 Å². The summed E-state index contributed by atoms with van der Waals surface area (Å²) in [5.41, 5.74) is -0.0987. The third-order valence-electron chi connectivity index (χ3n) is 2.80. The second kappa shape index (κ2) is 6.97. The highest BCUT2D eigenvalue weighted by Crippen LogP contribution is 2.08. The van der Waals surface area contributed by atoms with Gasteiger partial charge in [-0.3, -0.25) is 4.79 Å². The second-order valence-electron chi connectivity index (χ2n) is 5.58. The van der Waals surface area contributed by atoms with Crippen molar-refractivity contribution in [1.29, 1.82) is 0 Å². The van der Waals surface area contributed by atoms with Crippen LogP contribution in [-0.4, -0.2) is 49.2 Å². The molecule has 0 aromatic rings. The van der Waals surface area contributed by atoms with Crippen LogP contribution in [0.4, 0.5) is 0 Å². The SMILES string of the molecule is CC(C)(C)OCCNCC(=O)N1CCCCC1. The van der Waals surface area contributed by atoms with Crippen LogP contribution in [0.3, 0.4) is 0 Å². The summed E-state index contributed by atoms with van der Waals surface area (Å²) in [5.74, 6) is 0.223. The van der Waals surface area contributed by atoms with Crippen LogP contribution in [0.25, 0.3) is 0 Å². The number of carbonyl (C=O) groups is 1. The minimum absolute atomic E-state index is 0.0987. The van der Waals surface area contributed by atoms with E-state index in [0.717, 1.165) is 32.5 Å². The molecule has 0 unspecified atom stereocenters. The van der Waals surface area contributed by atoms with Crippen molar-refractivity contribution in [2.24, 2.45) is 0 Å². The highest BCUT2D eigenvalue weighted by molar-refractivity contribution is 5.78. The van der Waals surface area contributed by atoms with Crippen LogP contribution in [0.1, 0.15) is 40.0 Å². The van der Waals surface area contributed by atoms with Gasteiger partial charge in [-0.25, -0.2) is 0 Å². The molecule has 4 heteroatoms. The van der Waals surface area contributed by atoms with E-state index < -0.39 is 0 Å². The van der Waals surface area contributed by atoms with Crippen LogP contribution < -0.4 is 5.32 Å². The summed E-state index contributed by atoms with van der Waals surface area (Å²) >= 11 is 0. The van der Waals surface area contributed by atoms with Crippen LogP contribution in [0.15, 0.2) is 0 Å². The van der Waals surface area contributed by atoms with Gasteiger partial charge < -0.3 is 15.0 Å². The smallest absolute Gasteiger partial charge is 0.236 e. The maximum Gasteiger partial charge on any atom is 0.236 e. The predicted molar refractivity (Wildman–Crippen MR) is 69.0 cm³/mol. The molecule has 0 spiro atoms. The Morgan fingerprint density at radius 1 is 1.24 bits per heavy atom. The van der Waals surface area contributed by atoms with Crippen LogP contribution in [0.5, 0.6) is 0 Å². The number of hydrogen-bond acceptors (Lipinski definition) is 3. The Labute approximate surface area is 105 Å². The van der Waals surface area contributed by atoms with Gasteiger partial charge in [0.15, 0.2) is 0 Å². The molecule has 0 aromatic heterocycles. The van der Waals surface area contributed by atoms with E-state index in [1.54, 1.807) is 0 Å². The van der Waals surface area contributed by atoms with Gasteiger partial charge in [-0.15, -0.1) is 0 Å². The Bertz CT molecular complexity index is 230. The number of ether oxygens (including phenoxy) is 1. The molecule has 1 heterocycles. The van der Waals surface area contributed by atoms with E-state index in [1.165, 1.54) is 6.42 Å². The zero-order valence-corrected chi connectivity index (χ0v) is 11.4. The van der Waals surface area contributed by atoms with Crippen molar-refractivity contribution in [2.45, 2.75) is 45.6 Å². The van der Waals surface area contributed by atoms with Gasteiger partial charge in [-0.05, 0) is 40.0 Å². The lowest BCUT2D eigenvalue weighted by Crippen LogP contribution is -2.42. The highest BCUT2D eigenvalue weighted by atomic mass is 16.5. The Morgan fingerprint density at radius 2 is 1.88 bits per heavy atom. The van der Waals surface area contributed by atoms with Gasteiger partial charge in [-0.2, -0.15) is 0 Å². The van der Waals surface area contributed by atoms with Gasteiger partial charge in [0.1, 0.15) is 0 Å². The van der Waals surface area contributed by atoms with Gasteiger partial charge >= 0.3 is 0 Å². The lowest BCUT2D eigenvalue weighted by atomic mass is 10.1. The molecule has 1 fully saturated rings. The molecular formula is C13H26N2O2. The minimum Gasteiger partial charge on any atom is -0.375 e. The van der Waals surface area contributed by atoms with E-state index in [-0.39, 0.29) is 11.5 Å². The molecule has 1 N–H and O–H groups in total. The number of amides is 1. The molecule has 0 aromatic carbocycles. The van der Waals surface area contributed by atoms with E-state index in [2.05, 4.69) is 5.32 Å². The van der Waals surface area contributed by atoms with Crippen molar-refractivity contribution in [3.63, 3.8) is 0 Å². The quantitative estimate of drug-likeness (QED) is 0.741. The van der Waals surface area contributed by atoms with Crippen molar-refractivity contribution in [3.05, 3.63) is 0 Å². The van der Waals surface area contributed by atoms with Crippen molar-refractivity contribution in [3.8, 4) is 0 Å². The van der Waals surface area contributed by atoms with Crippen molar-refractivity contribution in [2.75, 3.05) is 32.8 Å². The Balaban J connectivity index is 2.04. The third kappa shape index (κ3) is 6.64. The highest BCUT2D eigenvalue weighted by Gasteiger charge is 2.15. The van der Waals surface area contributed by atoms with E-state index >= 15 is 0 Å².